The minimum absolute atomic E-state index is 0.0203. The molecule has 31 heavy (non-hydrogen) atoms. The average Bonchev–Trinajstić information content (AvgIpc) is 3.52. The van der Waals surface area contributed by atoms with Crippen LogP contribution in [-0.2, 0) is 16.7 Å². The van der Waals surface area contributed by atoms with E-state index >= 15 is 0 Å². The number of hydrogen-bond acceptors (Lipinski definition) is 3. The third-order valence-electron chi connectivity index (χ3n) is 7.43. The highest BCUT2D eigenvalue weighted by molar-refractivity contribution is 6.33. The maximum Gasteiger partial charge on any atom is 0.139 e. The third-order valence-corrected chi connectivity index (χ3v) is 7.43. The van der Waals surface area contributed by atoms with Crippen LogP contribution in [0.3, 0.4) is 0 Å². The Balaban J connectivity index is 1.39. The van der Waals surface area contributed by atoms with Gasteiger partial charge in [0.05, 0.1) is 30.1 Å². The summed E-state index contributed by atoms with van der Waals surface area (Å²) in [5.74, 6) is 0.838. The molecule has 1 aromatic heterocycles. The fourth-order valence-corrected chi connectivity index (χ4v) is 5.10. The normalized spacial score (nSPS) is 20.2. The maximum absolute atomic E-state index is 6.66. The van der Waals surface area contributed by atoms with Crippen molar-refractivity contribution in [1.29, 1.82) is 0 Å². The molecular weight excluding hydrogens is 381 g/mol. The molecule has 1 saturated carbocycles. The van der Waals surface area contributed by atoms with Crippen LogP contribution in [0.25, 0.3) is 11.0 Å². The van der Waals surface area contributed by atoms with Gasteiger partial charge in [-0.1, -0.05) is 41.9 Å². The van der Waals surface area contributed by atoms with Gasteiger partial charge in [-0.05, 0) is 70.3 Å². The van der Waals surface area contributed by atoms with Gasteiger partial charge in [0.1, 0.15) is 7.85 Å². The van der Waals surface area contributed by atoms with Gasteiger partial charge in [0.15, 0.2) is 0 Å². The van der Waals surface area contributed by atoms with E-state index in [1.54, 1.807) is 0 Å². The molecule has 2 fully saturated rings. The lowest BCUT2D eigenvalue weighted by Gasteiger charge is -2.41. The summed E-state index contributed by atoms with van der Waals surface area (Å²) in [6.45, 7) is 6.28. The van der Waals surface area contributed by atoms with Crippen molar-refractivity contribution in [2.24, 2.45) is 5.92 Å². The number of fused-ring (bicyclic) bond motifs is 1. The average molecular weight is 415 g/mol. The number of benzene rings is 2. The van der Waals surface area contributed by atoms with Crippen LogP contribution < -0.4 is 5.46 Å². The van der Waals surface area contributed by atoms with Gasteiger partial charge in [-0.3, -0.25) is 0 Å². The zero-order valence-electron chi connectivity index (χ0n) is 19.2. The lowest BCUT2D eigenvalue weighted by Crippen LogP contribution is -2.44. The molecule has 1 atom stereocenters. The number of nitrogens with zero attached hydrogens (tertiary/aromatic N) is 3. The molecule has 1 saturated heterocycles. The van der Waals surface area contributed by atoms with Gasteiger partial charge in [0.25, 0.3) is 0 Å². The molecule has 1 unspecified atom stereocenters. The van der Waals surface area contributed by atoms with Gasteiger partial charge >= 0.3 is 0 Å². The molecule has 162 valence electrons. The standard InChI is InChI=1S/C26H34BN3O/c1-19(23-14-22(27)15-24-25(23)28-18-30(24)16-20-8-9-20)31-17-26(10-12-29(2)13-11-26)21-6-4-3-5-7-21/h3-7,14-15,18-20H,8-13,16-17,27H2,1-2H3. The smallest absolute Gasteiger partial charge is 0.139 e. The summed E-state index contributed by atoms with van der Waals surface area (Å²) < 4.78 is 9.00. The van der Waals surface area contributed by atoms with Crippen molar-refractivity contribution >= 4 is 24.3 Å². The van der Waals surface area contributed by atoms with Gasteiger partial charge in [0, 0.05) is 17.5 Å². The molecule has 5 heteroatoms. The van der Waals surface area contributed by atoms with E-state index < -0.39 is 0 Å². The Morgan fingerprint density at radius 2 is 1.90 bits per heavy atom. The highest BCUT2D eigenvalue weighted by Crippen LogP contribution is 2.38. The molecule has 0 radical (unpaired) electrons. The number of rotatable bonds is 7. The molecule has 5 rings (SSSR count). The molecular formula is C26H34BN3O. The van der Waals surface area contributed by atoms with Crippen LogP contribution >= 0.6 is 0 Å². The highest BCUT2D eigenvalue weighted by atomic mass is 16.5. The van der Waals surface area contributed by atoms with Crippen molar-refractivity contribution in [2.75, 3.05) is 26.7 Å². The SMILES string of the molecule is Bc1cc(C(C)OCC2(c3ccccc3)CCN(C)CC2)c2ncn(CC3CC3)c2c1. The van der Waals surface area contributed by atoms with Gasteiger partial charge in [-0.25, -0.2) is 4.98 Å². The predicted octanol–water partition coefficient (Wildman–Crippen LogP) is 3.45. The van der Waals surface area contributed by atoms with Crippen molar-refractivity contribution in [2.45, 2.75) is 50.7 Å². The maximum atomic E-state index is 6.66. The van der Waals surface area contributed by atoms with Crippen molar-refractivity contribution < 1.29 is 4.74 Å². The zero-order chi connectivity index (χ0) is 21.4. The monoisotopic (exact) mass is 415 g/mol. The van der Waals surface area contributed by atoms with E-state index in [4.69, 9.17) is 9.72 Å². The van der Waals surface area contributed by atoms with Crippen LogP contribution in [0.1, 0.15) is 49.8 Å². The summed E-state index contributed by atoms with van der Waals surface area (Å²) in [6, 6.07) is 15.5. The van der Waals surface area contributed by atoms with Crippen LogP contribution in [0, 0.1) is 5.92 Å². The molecule has 1 aliphatic heterocycles. The molecule has 0 spiro atoms. The highest BCUT2D eigenvalue weighted by Gasteiger charge is 2.36. The van der Waals surface area contributed by atoms with E-state index in [1.807, 2.05) is 6.33 Å². The number of piperidine rings is 1. The first kappa shape index (κ1) is 20.8. The molecule has 1 aliphatic carbocycles. The Morgan fingerprint density at radius 1 is 1.16 bits per heavy atom. The minimum atomic E-state index is 0.0203. The Labute approximate surface area is 187 Å². The molecule has 2 aromatic carbocycles. The molecule has 0 N–H and O–H groups in total. The van der Waals surface area contributed by atoms with Crippen LogP contribution in [0.15, 0.2) is 48.8 Å². The summed E-state index contributed by atoms with van der Waals surface area (Å²) in [5, 5.41) is 0. The number of aromatic nitrogens is 2. The largest absolute Gasteiger partial charge is 0.373 e. The second-order valence-corrected chi connectivity index (χ2v) is 9.97. The van der Waals surface area contributed by atoms with Gasteiger partial charge < -0.3 is 14.2 Å². The first-order valence-corrected chi connectivity index (χ1v) is 11.9. The molecule has 0 amide bonds. The molecule has 0 bridgehead atoms. The van der Waals surface area contributed by atoms with Crippen LogP contribution in [0.5, 0.6) is 0 Å². The molecule has 3 aromatic rings. The van der Waals surface area contributed by atoms with E-state index in [9.17, 15) is 0 Å². The summed E-state index contributed by atoms with van der Waals surface area (Å²) in [6.07, 6.45) is 7.04. The fraction of sp³-hybridized carbons (Fsp3) is 0.500. The molecule has 4 nitrogen and oxygen atoms in total. The van der Waals surface area contributed by atoms with Gasteiger partial charge in [0.2, 0.25) is 0 Å². The summed E-state index contributed by atoms with van der Waals surface area (Å²) >= 11 is 0. The number of likely N-dealkylation sites (tertiary alicyclic amines) is 1. The second kappa shape index (κ2) is 8.44. The van der Waals surface area contributed by atoms with Crippen LogP contribution in [-0.4, -0.2) is 49.0 Å². The van der Waals surface area contributed by atoms with Gasteiger partial charge in [-0.15, -0.1) is 0 Å². The Morgan fingerprint density at radius 3 is 2.61 bits per heavy atom. The number of ether oxygens (including phenoxy) is 1. The topological polar surface area (TPSA) is 30.3 Å². The Hall–Kier alpha value is -2.11. The predicted molar refractivity (Wildman–Crippen MR) is 130 cm³/mol. The summed E-state index contributed by atoms with van der Waals surface area (Å²) in [7, 11) is 4.41. The lowest BCUT2D eigenvalue weighted by molar-refractivity contribution is 0.00702. The summed E-state index contributed by atoms with van der Waals surface area (Å²) in [5.41, 5.74) is 6.38. The molecule has 2 aliphatic rings. The minimum Gasteiger partial charge on any atom is -0.373 e. The Bertz CT molecular complexity index is 1040. The van der Waals surface area contributed by atoms with E-state index in [0.29, 0.717) is 0 Å². The third kappa shape index (κ3) is 4.31. The van der Waals surface area contributed by atoms with Crippen molar-refractivity contribution in [3.63, 3.8) is 0 Å². The van der Waals surface area contributed by atoms with E-state index in [-0.39, 0.29) is 11.5 Å². The first-order chi connectivity index (χ1) is 15.0. The van der Waals surface area contributed by atoms with Crippen molar-refractivity contribution in [3.8, 4) is 0 Å². The number of imidazole rings is 1. The quantitative estimate of drug-likeness (QED) is 0.554. The Kier molecular flexibility index (Phi) is 5.66. The summed E-state index contributed by atoms with van der Waals surface area (Å²) in [4.78, 5) is 7.25. The van der Waals surface area contributed by atoms with Crippen LogP contribution in [0.2, 0.25) is 0 Å². The van der Waals surface area contributed by atoms with E-state index in [1.165, 1.54) is 34.9 Å². The fourth-order valence-electron chi connectivity index (χ4n) is 5.10. The first-order valence-electron chi connectivity index (χ1n) is 11.9. The number of hydrogen-bond donors (Lipinski definition) is 0. The van der Waals surface area contributed by atoms with Crippen molar-refractivity contribution in [3.05, 3.63) is 59.9 Å². The van der Waals surface area contributed by atoms with Crippen molar-refractivity contribution in [1.82, 2.24) is 14.5 Å². The molecule has 2 heterocycles. The van der Waals surface area contributed by atoms with Crippen LogP contribution in [0.4, 0.5) is 0 Å². The van der Waals surface area contributed by atoms with E-state index in [0.717, 1.165) is 50.5 Å². The zero-order valence-corrected chi connectivity index (χ0v) is 19.2. The lowest BCUT2D eigenvalue weighted by atomic mass is 9.73. The second-order valence-electron chi connectivity index (χ2n) is 9.97. The van der Waals surface area contributed by atoms with Gasteiger partial charge in [-0.2, -0.15) is 0 Å². The van der Waals surface area contributed by atoms with E-state index in [2.05, 4.69) is 73.7 Å².